The first-order valence-corrected chi connectivity index (χ1v) is 22.4. The van der Waals surface area contributed by atoms with Crippen LogP contribution in [0.25, 0.3) is 0 Å². The molecule has 0 spiro atoms. The third kappa shape index (κ3) is 35.3. The van der Waals surface area contributed by atoms with Gasteiger partial charge in [0.25, 0.3) is 0 Å². The van der Waals surface area contributed by atoms with E-state index < -0.39 is 0 Å². The molecule has 0 aliphatic heterocycles. The van der Waals surface area contributed by atoms with Gasteiger partial charge in [-0.05, 0) is 58.0 Å². The number of amides is 1. The lowest BCUT2D eigenvalue weighted by atomic mass is 10.1. The summed E-state index contributed by atoms with van der Waals surface area (Å²) in [7, 11) is 0. The topological polar surface area (TPSA) is 70.1 Å². The Bertz CT molecular complexity index is 704. The fourth-order valence-corrected chi connectivity index (χ4v) is 6.93. The van der Waals surface area contributed by atoms with E-state index in [0.29, 0.717) is 25.4 Å². The van der Waals surface area contributed by atoms with Crippen molar-refractivity contribution in [2.24, 2.45) is 0 Å². The SMILES string of the molecule is CCCCCCCCCCCOC(=O)CCCCCN(CCO)CCCCCCCC(=O)N(CCCCCCCC)CCCCCCCCC. The van der Waals surface area contributed by atoms with E-state index in [4.69, 9.17) is 4.74 Å². The molecule has 6 nitrogen and oxygen atoms in total. The third-order valence-corrected chi connectivity index (χ3v) is 10.3. The van der Waals surface area contributed by atoms with Crippen molar-refractivity contribution in [2.75, 3.05) is 45.9 Å². The van der Waals surface area contributed by atoms with Crippen LogP contribution in [0.5, 0.6) is 0 Å². The van der Waals surface area contributed by atoms with Crippen LogP contribution >= 0.6 is 0 Å². The number of carbonyl (C=O) groups is 2. The number of hydrogen-bond acceptors (Lipinski definition) is 5. The lowest BCUT2D eigenvalue weighted by Crippen LogP contribution is -2.32. The predicted octanol–water partition coefficient (Wildman–Crippen LogP) is 12.2. The van der Waals surface area contributed by atoms with Gasteiger partial charge >= 0.3 is 5.97 Å². The Morgan fingerprint density at radius 1 is 0.420 bits per heavy atom. The summed E-state index contributed by atoms with van der Waals surface area (Å²) >= 11 is 0. The van der Waals surface area contributed by atoms with Crippen molar-refractivity contribution < 1.29 is 19.4 Å². The van der Waals surface area contributed by atoms with Crippen LogP contribution in [-0.4, -0.2) is 72.7 Å². The first-order chi connectivity index (χ1) is 24.6. The van der Waals surface area contributed by atoms with Crippen molar-refractivity contribution in [3.63, 3.8) is 0 Å². The minimum absolute atomic E-state index is 0.0443. The molecule has 0 aromatic rings. The summed E-state index contributed by atoms with van der Waals surface area (Å²) in [5, 5.41) is 9.55. The zero-order valence-corrected chi connectivity index (χ0v) is 34.1. The van der Waals surface area contributed by atoms with Gasteiger partial charge in [-0.15, -0.1) is 0 Å². The molecule has 0 unspecified atom stereocenters. The lowest BCUT2D eigenvalue weighted by Gasteiger charge is -2.23. The highest BCUT2D eigenvalue weighted by molar-refractivity contribution is 5.76. The van der Waals surface area contributed by atoms with Gasteiger partial charge in [0.05, 0.1) is 13.2 Å². The smallest absolute Gasteiger partial charge is 0.305 e. The molecule has 0 aliphatic rings. The van der Waals surface area contributed by atoms with Crippen LogP contribution in [-0.2, 0) is 14.3 Å². The second kappa shape index (κ2) is 40.6. The number of rotatable bonds is 41. The molecule has 0 fully saturated rings. The van der Waals surface area contributed by atoms with Gasteiger partial charge in [-0.1, -0.05) is 168 Å². The second-order valence-electron chi connectivity index (χ2n) is 15.2. The minimum atomic E-state index is -0.0443. The van der Waals surface area contributed by atoms with Gasteiger partial charge in [-0.3, -0.25) is 9.59 Å². The number of carbonyl (C=O) groups excluding carboxylic acids is 2. The Morgan fingerprint density at radius 2 is 0.780 bits per heavy atom. The van der Waals surface area contributed by atoms with Crippen LogP contribution in [0.15, 0.2) is 0 Å². The number of ether oxygens (including phenoxy) is 1. The molecule has 0 atom stereocenters. The van der Waals surface area contributed by atoms with Crippen LogP contribution in [0.4, 0.5) is 0 Å². The molecule has 298 valence electrons. The third-order valence-electron chi connectivity index (χ3n) is 10.3. The van der Waals surface area contributed by atoms with Crippen molar-refractivity contribution in [3.8, 4) is 0 Å². The van der Waals surface area contributed by atoms with E-state index in [1.54, 1.807) is 0 Å². The number of esters is 1. The monoisotopic (exact) mass is 709 g/mol. The summed E-state index contributed by atoms with van der Waals surface area (Å²) in [6, 6.07) is 0. The standard InChI is InChI=1S/C44H88N2O4/c1-4-7-10-13-16-17-19-25-33-42-50-44(49)35-28-26-30-37-45(40-41-47)36-29-22-20-21-27-34-43(48)46(38-31-23-15-12-9-6-3)39-32-24-18-14-11-8-5-2/h47H,4-42H2,1-3H3. The number of aliphatic hydroxyl groups excluding tert-OH is 1. The molecule has 0 aliphatic carbocycles. The van der Waals surface area contributed by atoms with Gasteiger partial charge in [0.15, 0.2) is 0 Å². The first kappa shape index (κ1) is 48.9. The van der Waals surface area contributed by atoms with E-state index in [-0.39, 0.29) is 12.6 Å². The Labute approximate surface area is 312 Å². The van der Waals surface area contributed by atoms with E-state index in [1.165, 1.54) is 135 Å². The van der Waals surface area contributed by atoms with Gasteiger partial charge in [-0.25, -0.2) is 0 Å². The summed E-state index contributed by atoms with van der Waals surface area (Å²) < 4.78 is 5.45. The number of hydrogen-bond donors (Lipinski definition) is 1. The van der Waals surface area contributed by atoms with Crippen molar-refractivity contribution in [3.05, 3.63) is 0 Å². The van der Waals surface area contributed by atoms with Gasteiger partial charge in [-0.2, -0.15) is 0 Å². The van der Waals surface area contributed by atoms with E-state index >= 15 is 0 Å². The van der Waals surface area contributed by atoms with E-state index in [9.17, 15) is 14.7 Å². The molecule has 6 heteroatoms. The molecule has 0 aromatic heterocycles. The highest BCUT2D eigenvalue weighted by Gasteiger charge is 2.13. The maximum atomic E-state index is 13.1. The fourth-order valence-electron chi connectivity index (χ4n) is 6.93. The normalized spacial score (nSPS) is 11.5. The zero-order chi connectivity index (χ0) is 36.6. The number of aliphatic hydroxyl groups is 1. The summed E-state index contributed by atoms with van der Waals surface area (Å²) in [6.07, 6.45) is 38.0. The summed E-state index contributed by atoms with van der Waals surface area (Å²) in [5.74, 6) is 0.336. The molecule has 0 rings (SSSR count). The molecule has 1 amide bonds. The summed E-state index contributed by atoms with van der Waals surface area (Å²) in [5.41, 5.74) is 0. The van der Waals surface area contributed by atoms with Gasteiger partial charge < -0.3 is 19.6 Å². The van der Waals surface area contributed by atoms with Crippen LogP contribution < -0.4 is 0 Å². The maximum Gasteiger partial charge on any atom is 0.305 e. The zero-order valence-electron chi connectivity index (χ0n) is 34.1. The van der Waals surface area contributed by atoms with E-state index in [0.717, 1.165) is 90.5 Å². The van der Waals surface area contributed by atoms with Crippen molar-refractivity contribution in [1.29, 1.82) is 0 Å². The first-order valence-electron chi connectivity index (χ1n) is 22.4. The van der Waals surface area contributed by atoms with Gasteiger partial charge in [0.1, 0.15) is 0 Å². The van der Waals surface area contributed by atoms with E-state index in [1.807, 2.05) is 0 Å². The van der Waals surface area contributed by atoms with Crippen LogP contribution in [0.3, 0.4) is 0 Å². The molecule has 50 heavy (non-hydrogen) atoms. The maximum absolute atomic E-state index is 13.1. The molecular formula is C44H88N2O4. The molecular weight excluding hydrogens is 620 g/mol. The fraction of sp³-hybridized carbons (Fsp3) is 0.955. The Balaban J connectivity index is 4.01. The lowest BCUT2D eigenvalue weighted by molar-refractivity contribution is -0.144. The van der Waals surface area contributed by atoms with Crippen LogP contribution in [0.1, 0.15) is 226 Å². The number of unbranched alkanes of at least 4 members (excludes halogenated alkanes) is 25. The van der Waals surface area contributed by atoms with Gasteiger partial charge in [0, 0.05) is 32.5 Å². The van der Waals surface area contributed by atoms with Crippen molar-refractivity contribution in [2.45, 2.75) is 226 Å². The molecule has 0 saturated heterocycles. The summed E-state index contributed by atoms with van der Waals surface area (Å²) in [6.45, 7) is 12.2. The molecule has 0 saturated carbocycles. The summed E-state index contributed by atoms with van der Waals surface area (Å²) in [4.78, 5) is 29.8. The van der Waals surface area contributed by atoms with Crippen molar-refractivity contribution >= 4 is 11.9 Å². The number of nitrogens with zero attached hydrogens (tertiary/aromatic N) is 2. The highest BCUT2D eigenvalue weighted by atomic mass is 16.5. The van der Waals surface area contributed by atoms with E-state index in [2.05, 4.69) is 30.6 Å². The predicted molar refractivity (Wildman–Crippen MR) is 216 cm³/mol. The molecule has 0 radical (unpaired) electrons. The molecule has 0 heterocycles. The molecule has 0 bridgehead atoms. The second-order valence-corrected chi connectivity index (χ2v) is 15.2. The van der Waals surface area contributed by atoms with Crippen molar-refractivity contribution in [1.82, 2.24) is 9.80 Å². The largest absolute Gasteiger partial charge is 0.466 e. The Morgan fingerprint density at radius 3 is 1.24 bits per heavy atom. The Hall–Kier alpha value is -1.14. The molecule has 0 aromatic carbocycles. The highest BCUT2D eigenvalue weighted by Crippen LogP contribution is 2.14. The van der Waals surface area contributed by atoms with Crippen LogP contribution in [0.2, 0.25) is 0 Å². The average molecular weight is 709 g/mol. The molecule has 1 N–H and O–H groups in total. The quantitative estimate of drug-likeness (QED) is 0.0506. The van der Waals surface area contributed by atoms with Crippen LogP contribution in [0, 0.1) is 0 Å². The minimum Gasteiger partial charge on any atom is -0.466 e. The average Bonchev–Trinajstić information content (AvgIpc) is 3.11. The van der Waals surface area contributed by atoms with Gasteiger partial charge in [0.2, 0.25) is 5.91 Å². The Kier molecular flexibility index (Phi) is 39.7.